The number of benzene rings is 3. The molecule has 1 amide bonds. The molecule has 1 unspecified atom stereocenters. The minimum Gasteiger partial charge on any atom is -0.324 e. The van der Waals surface area contributed by atoms with Crippen LogP contribution < -0.4 is 15.8 Å². The number of carbonyl (C=O) groups is 1. The molecule has 1 atom stereocenters. The van der Waals surface area contributed by atoms with E-state index in [2.05, 4.69) is 10.6 Å². The fourth-order valence-electron chi connectivity index (χ4n) is 3.29. The van der Waals surface area contributed by atoms with E-state index in [0.29, 0.717) is 13.0 Å². The third kappa shape index (κ3) is 6.24. The Bertz CT molecular complexity index is 1140. The Kier molecular flexibility index (Phi) is 7.22. The summed E-state index contributed by atoms with van der Waals surface area (Å²) in [6, 6.07) is 21.4. The molecule has 0 heterocycles. The minimum absolute atomic E-state index is 0.0827. The summed E-state index contributed by atoms with van der Waals surface area (Å²) in [5, 5.41) is 11.5. The molecule has 6 nitrogen and oxygen atoms in total. The Labute approximate surface area is 183 Å². The summed E-state index contributed by atoms with van der Waals surface area (Å²) in [5.74, 6) is -0.135. The topological polar surface area (TPSA) is 101 Å². The number of aryl methyl sites for hydroxylation is 2. The van der Waals surface area contributed by atoms with Gasteiger partial charge in [0.25, 0.3) is 0 Å². The summed E-state index contributed by atoms with van der Waals surface area (Å²) in [6.07, 6.45) is 0.630. The normalized spacial score (nSPS) is 12.4. The number of primary sulfonamides is 1. The van der Waals surface area contributed by atoms with Gasteiger partial charge in [0.1, 0.15) is 6.04 Å². The molecule has 0 aliphatic rings. The van der Waals surface area contributed by atoms with Crippen LogP contribution in [-0.4, -0.2) is 20.9 Å². The number of amides is 1. The van der Waals surface area contributed by atoms with Crippen LogP contribution in [0.2, 0.25) is 0 Å². The van der Waals surface area contributed by atoms with Gasteiger partial charge in [-0.2, -0.15) is 0 Å². The average Bonchev–Trinajstić information content (AvgIpc) is 2.74. The van der Waals surface area contributed by atoms with E-state index in [1.807, 2.05) is 62.4 Å². The summed E-state index contributed by atoms with van der Waals surface area (Å²) in [7, 11) is -3.71. The number of carbonyl (C=O) groups excluding carboxylic acids is 1. The third-order valence-electron chi connectivity index (χ3n) is 5.06. The highest BCUT2D eigenvalue weighted by atomic mass is 32.2. The lowest BCUT2D eigenvalue weighted by Gasteiger charge is -2.20. The van der Waals surface area contributed by atoms with E-state index in [-0.39, 0.29) is 10.8 Å². The predicted octanol–water partition coefficient (Wildman–Crippen LogP) is 3.46. The number of anilines is 1. The van der Waals surface area contributed by atoms with Crippen LogP contribution >= 0.6 is 0 Å². The molecule has 0 spiro atoms. The van der Waals surface area contributed by atoms with Crippen LogP contribution in [0.25, 0.3) is 0 Å². The molecule has 0 aliphatic heterocycles. The largest absolute Gasteiger partial charge is 0.324 e. The maximum Gasteiger partial charge on any atom is 0.246 e. The van der Waals surface area contributed by atoms with E-state index in [1.54, 1.807) is 12.1 Å². The van der Waals surface area contributed by atoms with Crippen molar-refractivity contribution >= 4 is 21.6 Å². The van der Waals surface area contributed by atoms with Gasteiger partial charge in [-0.05, 0) is 60.7 Å². The molecule has 3 rings (SSSR count). The molecule has 3 aromatic rings. The number of rotatable bonds is 8. The molecule has 0 aromatic heterocycles. The fourth-order valence-corrected chi connectivity index (χ4v) is 3.80. The lowest BCUT2D eigenvalue weighted by Crippen LogP contribution is -2.34. The van der Waals surface area contributed by atoms with E-state index < -0.39 is 16.1 Å². The van der Waals surface area contributed by atoms with Crippen LogP contribution in [0.15, 0.2) is 77.7 Å². The average molecular weight is 438 g/mol. The molecule has 3 aromatic carbocycles. The van der Waals surface area contributed by atoms with Crippen LogP contribution in [0.1, 0.15) is 28.3 Å². The van der Waals surface area contributed by atoms with Crippen LogP contribution in [-0.2, 0) is 21.2 Å². The van der Waals surface area contributed by atoms with Crippen molar-refractivity contribution in [3.63, 3.8) is 0 Å². The van der Waals surface area contributed by atoms with Gasteiger partial charge in [0.2, 0.25) is 15.9 Å². The minimum atomic E-state index is -3.71. The number of hydrogen-bond acceptors (Lipinski definition) is 4. The second-order valence-electron chi connectivity index (χ2n) is 7.54. The maximum absolute atomic E-state index is 13.1. The predicted molar refractivity (Wildman–Crippen MR) is 123 cm³/mol. The molecule has 0 saturated carbocycles. The summed E-state index contributed by atoms with van der Waals surface area (Å²) in [4.78, 5) is 13.2. The van der Waals surface area contributed by atoms with Gasteiger partial charge in [-0.3, -0.25) is 4.79 Å². The third-order valence-corrected chi connectivity index (χ3v) is 5.99. The quantitative estimate of drug-likeness (QED) is 0.502. The first-order valence-corrected chi connectivity index (χ1v) is 11.6. The second kappa shape index (κ2) is 9.87. The van der Waals surface area contributed by atoms with Gasteiger partial charge in [0.05, 0.1) is 4.90 Å². The number of sulfonamides is 1. The molecular formula is C24H27N3O3S. The Morgan fingerprint density at radius 1 is 0.968 bits per heavy atom. The van der Waals surface area contributed by atoms with Gasteiger partial charge >= 0.3 is 0 Å². The summed E-state index contributed by atoms with van der Waals surface area (Å²) < 4.78 is 22.8. The summed E-state index contributed by atoms with van der Waals surface area (Å²) in [6.45, 7) is 4.49. The fraction of sp³-hybridized carbons (Fsp3) is 0.208. The van der Waals surface area contributed by atoms with Crippen molar-refractivity contribution in [1.29, 1.82) is 0 Å². The standard InChI is InChI=1S/C24H27N3O3S/c1-17-8-9-18(2)22(16-17)27-24(28)23(20-6-4-3-5-7-20)26-15-14-19-10-12-21(13-11-19)31(25,29)30/h3-13,16,23,26H,14-15H2,1-2H3,(H,27,28)(H2,25,29,30). The molecule has 7 heteroatoms. The van der Waals surface area contributed by atoms with Gasteiger partial charge in [-0.15, -0.1) is 0 Å². The molecule has 0 bridgehead atoms. The first-order valence-electron chi connectivity index (χ1n) is 10.0. The Balaban J connectivity index is 1.71. The smallest absolute Gasteiger partial charge is 0.246 e. The van der Waals surface area contributed by atoms with Crippen molar-refractivity contribution in [2.75, 3.05) is 11.9 Å². The lowest BCUT2D eigenvalue weighted by atomic mass is 10.0. The summed E-state index contributed by atoms with van der Waals surface area (Å²) >= 11 is 0. The van der Waals surface area contributed by atoms with Gasteiger partial charge in [-0.25, -0.2) is 13.6 Å². The van der Waals surface area contributed by atoms with Gasteiger partial charge in [0, 0.05) is 12.2 Å². The van der Waals surface area contributed by atoms with Gasteiger partial charge in [-0.1, -0.05) is 54.6 Å². The van der Waals surface area contributed by atoms with E-state index in [4.69, 9.17) is 5.14 Å². The maximum atomic E-state index is 13.1. The van der Waals surface area contributed by atoms with Gasteiger partial charge in [0.15, 0.2) is 0 Å². The molecule has 162 valence electrons. The van der Waals surface area contributed by atoms with Crippen LogP contribution in [0.4, 0.5) is 5.69 Å². The zero-order valence-corrected chi connectivity index (χ0v) is 18.4. The zero-order valence-electron chi connectivity index (χ0n) is 17.6. The first-order chi connectivity index (χ1) is 14.7. The number of hydrogen-bond donors (Lipinski definition) is 3. The van der Waals surface area contributed by atoms with Crippen molar-refractivity contribution in [3.05, 3.63) is 95.1 Å². The lowest BCUT2D eigenvalue weighted by molar-refractivity contribution is -0.118. The van der Waals surface area contributed by atoms with Crippen molar-refractivity contribution in [2.24, 2.45) is 5.14 Å². The van der Waals surface area contributed by atoms with Crippen molar-refractivity contribution in [3.8, 4) is 0 Å². The van der Waals surface area contributed by atoms with Crippen molar-refractivity contribution in [2.45, 2.75) is 31.2 Å². The van der Waals surface area contributed by atoms with E-state index in [9.17, 15) is 13.2 Å². The van der Waals surface area contributed by atoms with Crippen LogP contribution in [0.3, 0.4) is 0 Å². The molecule has 0 radical (unpaired) electrons. The van der Waals surface area contributed by atoms with E-state index in [1.165, 1.54) is 12.1 Å². The monoisotopic (exact) mass is 437 g/mol. The highest BCUT2D eigenvalue weighted by molar-refractivity contribution is 7.89. The van der Waals surface area contributed by atoms with Crippen LogP contribution in [0.5, 0.6) is 0 Å². The second-order valence-corrected chi connectivity index (χ2v) is 9.11. The Morgan fingerprint density at radius 3 is 2.29 bits per heavy atom. The molecular weight excluding hydrogens is 410 g/mol. The molecule has 31 heavy (non-hydrogen) atoms. The van der Waals surface area contributed by atoms with E-state index >= 15 is 0 Å². The number of nitrogens with two attached hydrogens (primary N) is 1. The summed E-state index contributed by atoms with van der Waals surface area (Å²) in [5.41, 5.74) is 4.69. The highest BCUT2D eigenvalue weighted by Crippen LogP contribution is 2.20. The van der Waals surface area contributed by atoms with Gasteiger partial charge < -0.3 is 10.6 Å². The number of nitrogens with one attached hydrogen (secondary N) is 2. The Hall–Kier alpha value is -3.00. The SMILES string of the molecule is Cc1ccc(C)c(NC(=O)C(NCCc2ccc(S(N)(=O)=O)cc2)c2ccccc2)c1. The Morgan fingerprint density at radius 2 is 1.65 bits per heavy atom. The molecule has 0 aliphatic carbocycles. The first kappa shape index (κ1) is 22.7. The van der Waals surface area contributed by atoms with Crippen molar-refractivity contribution < 1.29 is 13.2 Å². The molecule has 4 N–H and O–H groups in total. The van der Waals surface area contributed by atoms with Crippen molar-refractivity contribution in [1.82, 2.24) is 5.32 Å². The molecule has 0 saturated heterocycles. The zero-order chi connectivity index (χ0) is 22.4. The highest BCUT2D eigenvalue weighted by Gasteiger charge is 2.20. The molecule has 0 fully saturated rings. The van der Waals surface area contributed by atoms with E-state index in [0.717, 1.165) is 27.9 Å². The van der Waals surface area contributed by atoms with Crippen LogP contribution in [0, 0.1) is 13.8 Å².